The van der Waals surface area contributed by atoms with Crippen molar-refractivity contribution in [2.75, 3.05) is 33.4 Å². The Morgan fingerprint density at radius 3 is 2.42 bits per heavy atom. The number of methoxy groups -OCH3 is 1. The van der Waals surface area contributed by atoms with Crippen LogP contribution >= 0.6 is 0 Å². The Hall–Kier alpha value is -1.50. The first-order valence-electron chi connectivity index (χ1n) is 6.21. The highest BCUT2D eigenvalue weighted by Crippen LogP contribution is 2.16. The summed E-state index contributed by atoms with van der Waals surface area (Å²) in [7, 11) is 1.52. The second kappa shape index (κ2) is 6.10. The highest BCUT2D eigenvalue weighted by molar-refractivity contribution is 5.70. The fourth-order valence-electron chi connectivity index (χ4n) is 1.92. The van der Waals surface area contributed by atoms with Gasteiger partial charge in [-0.1, -0.05) is 0 Å². The molecule has 7 nitrogen and oxygen atoms in total. The lowest BCUT2D eigenvalue weighted by atomic mass is 10.2. The maximum atomic E-state index is 12.1. The van der Waals surface area contributed by atoms with E-state index in [1.54, 1.807) is 20.8 Å². The minimum Gasteiger partial charge on any atom is -0.465 e. The Bertz CT molecular complexity index is 340. The molecule has 1 heterocycles. The van der Waals surface area contributed by atoms with Crippen molar-refractivity contribution in [2.45, 2.75) is 32.4 Å². The molecule has 1 saturated heterocycles. The topological polar surface area (TPSA) is 79.3 Å². The third-order valence-electron chi connectivity index (χ3n) is 2.74. The fourth-order valence-corrected chi connectivity index (χ4v) is 1.92. The fraction of sp³-hybridized carbons (Fsp3) is 0.833. The summed E-state index contributed by atoms with van der Waals surface area (Å²) in [5, 5.41) is 8.99. The molecule has 0 saturated carbocycles. The third-order valence-corrected chi connectivity index (χ3v) is 2.74. The van der Waals surface area contributed by atoms with E-state index < -0.39 is 17.8 Å². The van der Waals surface area contributed by atoms with E-state index in [1.165, 1.54) is 16.9 Å². The normalized spacial score (nSPS) is 20.3. The number of piperazine rings is 1. The lowest BCUT2D eigenvalue weighted by molar-refractivity contribution is -0.0140. The number of amides is 2. The highest BCUT2D eigenvalue weighted by atomic mass is 16.6. The minimum atomic E-state index is -0.982. The van der Waals surface area contributed by atoms with Crippen LogP contribution in [0.15, 0.2) is 0 Å². The van der Waals surface area contributed by atoms with Crippen LogP contribution in [0.1, 0.15) is 20.8 Å². The van der Waals surface area contributed by atoms with E-state index in [9.17, 15) is 9.59 Å². The summed E-state index contributed by atoms with van der Waals surface area (Å²) in [6.07, 6.45) is -1.41. The van der Waals surface area contributed by atoms with E-state index in [-0.39, 0.29) is 25.7 Å². The molecule has 7 heteroatoms. The summed E-state index contributed by atoms with van der Waals surface area (Å²) in [6.45, 7) is 6.51. The van der Waals surface area contributed by atoms with Crippen LogP contribution in [0.5, 0.6) is 0 Å². The first-order chi connectivity index (χ1) is 8.74. The molecule has 1 aliphatic heterocycles. The van der Waals surface area contributed by atoms with Gasteiger partial charge >= 0.3 is 12.2 Å². The van der Waals surface area contributed by atoms with Crippen LogP contribution in [-0.2, 0) is 9.47 Å². The van der Waals surface area contributed by atoms with Crippen molar-refractivity contribution in [3.63, 3.8) is 0 Å². The van der Waals surface area contributed by atoms with Crippen molar-refractivity contribution in [3.8, 4) is 0 Å². The van der Waals surface area contributed by atoms with Crippen molar-refractivity contribution in [2.24, 2.45) is 0 Å². The molecule has 0 spiro atoms. The number of carbonyl (C=O) groups excluding carboxylic acids is 1. The third kappa shape index (κ3) is 4.59. The van der Waals surface area contributed by atoms with Crippen molar-refractivity contribution in [1.82, 2.24) is 9.80 Å². The standard InChI is InChI=1S/C12H22N2O5/c1-12(2,3)19-11(17)14-6-5-13(10(15)16)7-9(14)8-18-4/h9H,5-8H2,1-4H3,(H,15,16). The predicted molar refractivity (Wildman–Crippen MR) is 68.2 cm³/mol. The van der Waals surface area contributed by atoms with Crippen molar-refractivity contribution < 1.29 is 24.2 Å². The van der Waals surface area contributed by atoms with Gasteiger partial charge in [0.1, 0.15) is 5.60 Å². The Morgan fingerprint density at radius 1 is 1.32 bits per heavy atom. The Kier molecular flexibility index (Phi) is 4.99. The zero-order chi connectivity index (χ0) is 14.6. The molecule has 1 atom stereocenters. The van der Waals surface area contributed by atoms with E-state index in [0.717, 1.165) is 0 Å². The zero-order valence-electron chi connectivity index (χ0n) is 11.9. The van der Waals surface area contributed by atoms with Crippen molar-refractivity contribution >= 4 is 12.2 Å². The largest absolute Gasteiger partial charge is 0.465 e. The lowest BCUT2D eigenvalue weighted by Crippen LogP contribution is -2.58. The molecule has 1 aliphatic rings. The van der Waals surface area contributed by atoms with Crippen LogP contribution < -0.4 is 0 Å². The van der Waals surface area contributed by atoms with Gasteiger partial charge in [-0.05, 0) is 20.8 Å². The van der Waals surface area contributed by atoms with Crippen molar-refractivity contribution in [1.29, 1.82) is 0 Å². The molecule has 0 aromatic rings. The van der Waals surface area contributed by atoms with Crippen LogP contribution in [0, 0.1) is 0 Å². The van der Waals surface area contributed by atoms with Crippen molar-refractivity contribution in [3.05, 3.63) is 0 Å². The molecule has 19 heavy (non-hydrogen) atoms. The SMILES string of the molecule is COCC1CN(C(=O)O)CCN1C(=O)OC(C)(C)C. The average molecular weight is 274 g/mol. The van der Waals surface area contributed by atoms with E-state index >= 15 is 0 Å². The molecule has 0 radical (unpaired) electrons. The number of carboxylic acid groups (broad SMARTS) is 1. The van der Waals surface area contributed by atoms with Crippen LogP contribution in [0.2, 0.25) is 0 Å². The molecule has 1 unspecified atom stereocenters. The van der Waals surface area contributed by atoms with Gasteiger partial charge in [-0.25, -0.2) is 9.59 Å². The van der Waals surface area contributed by atoms with Crippen LogP contribution in [-0.4, -0.2) is 72.1 Å². The molecule has 2 amide bonds. The van der Waals surface area contributed by atoms with Gasteiger partial charge in [-0.15, -0.1) is 0 Å². The van der Waals surface area contributed by atoms with Gasteiger partial charge in [-0.3, -0.25) is 4.90 Å². The summed E-state index contributed by atoms with van der Waals surface area (Å²) in [6, 6.07) is -0.315. The van der Waals surface area contributed by atoms with Gasteiger partial charge in [-0.2, -0.15) is 0 Å². The number of hydrogen-bond donors (Lipinski definition) is 1. The monoisotopic (exact) mass is 274 g/mol. The van der Waals surface area contributed by atoms with Gasteiger partial charge in [0.2, 0.25) is 0 Å². The summed E-state index contributed by atoms with van der Waals surface area (Å²) >= 11 is 0. The van der Waals surface area contributed by atoms with E-state index in [2.05, 4.69) is 0 Å². The van der Waals surface area contributed by atoms with Crippen LogP contribution in [0.25, 0.3) is 0 Å². The van der Waals surface area contributed by atoms with Gasteiger partial charge < -0.3 is 19.5 Å². The molecule has 1 fully saturated rings. The average Bonchev–Trinajstić information content (AvgIpc) is 2.26. The molecule has 0 aliphatic carbocycles. The molecule has 110 valence electrons. The molecule has 1 rings (SSSR count). The predicted octanol–water partition coefficient (Wildman–Crippen LogP) is 1.23. The van der Waals surface area contributed by atoms with Gasteiger partial charge in [0.05, 0.1) is 12.6 Å². The summed E-state index contributed by atoms with van der Waals surface area (Å²) in [4.78, 5) is 25.8. The smallest absolute Gasteiger partial charge is 0.410 e. The summed E-state index contributed by atoms with van der Waals surface area (Å²) < 4.78 is 10.4. The van der Waals surface area contributed by atoms with Gasteiger partial charge in [0.15, 0.2) is 0 Å². The Balaban J connectivity index is 2.71. The molecule has 0 bridgehead atoms. The minimum absolute atomic E-state index is 0.239. The van der Waals surface area contributed by atoms with Crippen LogP contribution in [0.4, 0.5) is 9.59 Å². The first kappa shape index (κ1) is 15.6. The zero-order valence-corrected chi connectivity index (χ0v) is 11.9. The van der Waals surface area contributed by atoms with Gasteiger partial charge in [0, 0.05) is 26.7 Å². The highest BCUT2D eigenvalue weighted by Gasteiger charge is 2.34. The summed E-state index contributed by atoms with van der Waals surface area (Å²) in [5.41, 5.74) is -0.571. The molecule has 0 aromatic heterocycles. The van der Waals surface area contributed by atoms with Crippen LogP contribution in [0.3, 0.4) is 0 Å². The van der Waals surface area contributed by atoms with E-state index in [1.807, 2.05) is 0 Å². The summed E-state index contributed by atoms with van der Waals surface area (Å²) in [5.74, 6) is 0. The molecular formula is C12H22N2O5. The molecule has 1 N–H and O–H groups in total. The number of rotatable bonds is 2. The van der Waals surface area contributed by atoms with Gasteiger partial charge in [0.25, 0.3) is 0 Å². The Morgan fingerprint density at radius 2 is 1.95 bits per heavy atom. The maximum Gasteiger partial charge on any atom is 0.410 e. The second-order valence-electron chi connectivity index (χ2n) is 5.51. The molecular weight excluding hydrogens is 252 g/mol. The second-order valence-corrected chi connectivity index (χ2v) is 5.51. The first-order valence-corrected chi connectivity index (χ1v) is 6.21. The Labute approximate surface area is 113 Å². The van der Waals surface area contributed by atoms with E-state index in [0.29, 0.717) is 6.54 Å². The molecule has 0 aromatic carbocycles. The maximum absolute atomic E-state index is 12.1. The number of nitrogens with zero attached hydrogens (tertiary/aromatic N) is 2. The quantitative estimate of drug-likeness (QED) is 0.819. The number of ether oxygens (including phenoxy) is 2. The number of carbonyl (C=O) groups is 2. The number of hydrogen-bond acceptors (Lipinski definition) is 4. The lowest BCUT2D eigenvalue weighted by Gasteiger charge is -2.40. The van der Waals surface area contributed by atoms with E-state index in [4.69, 9.17) is 14.6 Å².